The van der Waals surface area contributed by atoms with Gasteiger partial charge in [0, 0.05) is 12.2 Å². The number of aromatic nitrogens is 4. The molecule has 8 nitrogen and oxygen atoms in total. The number of nitrogens with zero attached hydrogens (tertiary/aromatic N) is 5. The van der Waals surface area contributed by atoms with E-state index >= 15 is 0 Å². The third-order valence-corrected chi connectivity index (χ3v) is 6.26. The van der Waals surface area contributed by atoms with Crippen molar-refractivity contribution in [1.29, 1.82) is 0 Å². The number of amides is 1. The molecule has 0 saturated carbocycles. The normalized spacial score (nSPS) is 11.6. The number of likely N-dealkylation sites (N-methyl/N-ethyl adjacent to an activating group) is 1. The SMILES string of the molecule is CCCn1c(=O)c2ccccc2n2c(=S)n(CN(C)CC(=O)Nc3c(C)cc(C)cc3C)nc12. The molecule has 4 rings (SSSR count). The minimum Gasteiger partial charge on any atom is -0.324 e. The summed E-state index contributed by atoms with van der Waals surface area (Å²) in [6, 6.07) is 11.5. The molecule has 9 heteroatoms. The summed E-state index contributed by atoms with van der Waals surface area (Å²) in [6.07, 6.45) is 0.797. The Balaban J connectivity index is 1.62. The van der Waals surface area contributed by atoms with Crippen molar-refractivity contribution >= 4 is 40.5 Å². The summed E-state index contributed by atoms with van der Waals surface area (Å²) in [4.78, 5) is 27.7. The summed E-state index contributed by atoms with van der Waals surface area (Å²) in [5, 5.41) is 8.32. The highest BCUT2D eigenvalue weighted by molar-refractivity contribution is 7.71. The first-order valence-electron chi connectivity index (χ1n) is 11.4. The maximum absolute atomic E-state index is 13.1. The van der Waals surface area contributed by atoms with Crippen molar-refractivity contribution < 1.29 is 4.79 Å². The average Bonchev–Trinajstić information content (AvgIpc) is 3.09. The molecule has 0 aliphatic heterocycles. The number of hydrogen-bond acceptors (Lipinski definition) is 5. The Kier molecular flexibility index (Phi) is 6.67. The topological polar surface area (TPSA) is 76.6 Å². The van der Waals surface area contributed by atoms with Crippen molar-refractivity contribution in [2.24, 2.45) is 0 Å². The lowest BCUT2D eigenvalue weighted by molar-refractivity contribution is -0.117. The molecule has 1 N–H and O–H groups in total. The van der Waals surface area contributed by atoms with Gasteiger partial charge in [-0.15, -0.1) is 5.10 Å². The van der Waals surface area contributed by atoms with Crippen molar-refractivity contribution in [3.63, 3.8) is 0 Å². The Labute approximate surface area is 203 Å². The number of nitrogens with one attached hydrogen (secondary N) is 1. The van der Waals surface area contributed by atoms with E-state index in [2.05, 4.69) is 22.5 Å². The molecule has 2 aromatic heterocycles. The predicted molar refractivity (Wildman–Crippen MR) is 138 cm³/mol. The Hall–Kier alpha value is -3.30. The first-order valence-corrected chi connectivity index (χ1v) is 11.8. The van der Waals surface area contributed by atoms with Gasteiger partial charge < -0.3 is 5.32 Å². The van der Waals surface area contributed by atoms with Gasteiger partial charge in [-0.05, 0) is 69.7 Å². The van der Waals surface area contributed by atoms with Crippen LogP contribution in [0.5, 0.6) is 0 Å². The average molecular weight is 479 g/mol. The molecule has 0 unspecified atom stereocenters. The molecule has 0 aliphatic rings. The molecule has 0 aliphatic carbocycles. The van der Waals surface area contributed by atoms with Crippen molar-refractivity contribution in [3.05, 3.63) is 68.2 Å². The summed E-state index contributed by atoms with van der Waals surface area (Å²) in [5.41, 5.74) is 4.75. The van der Waals surface area contributed by atoms with Gasteiger partial charge in [0.25, 0.3) is 5.56 Å². The zero-order valence-electron chi connectivity index (χ0n) is 20.3. The van der Waals surface area contributed by atoms with Crippen LogP contribution >= 0.6 is 12.2 Å². The number of rotatable bonds is 7. The van der Waals surface area contributed by atoms with Gasteiger partial charge in [-0.1, -0.05) is 36.8 Å². The van der Waals surface area contributed by atoms with E-state index in [1.165, 1.54) is 5.56 Å². The van der Waals surface area contributed by atoms with E-state index in [1.54, 1.807) is 9.25 Å². The Bertz CT molecular complexity index is 1490. The zero-order valence-corrected chi connectivity index (χ0v) is 21.1. The lowest BCUT2D eigenvalue weighted by atomic mass is 10.1. The number of para-hydroxylation sites is 1. The van der Waals surface area contributed by atoms with E-state index in [9.17, 15) is 9.59 Å². The lowest BCUT2D eigenvalue weighted by Gasteiger charge is -2.18. The third kappa shape index (κ3) is 4.41. The third-order valence-electron chi connectivity index (χ3n) is 5.86. The number of benzene rings is 2. The molecule has 2 aromatic carbocycles. The molecule has 0 radical (unpaired) electrons. The minimum atomic E-state index is -0.110. The molecular formula is C25H30N6O2S. The number of aryl methyl sites for hydroxylation is 4. The second kappa shape index (κ2) is 9.52. The molecule has 0 spiro atoms. The quantitative estimate of drug-likeness (QED) is 0.406. The van der Waals surface area contributed by atoms with Crippen LogP contribution in [0, 0.1) is 25.5 Å². The van der Waals surface area contributed by atoms with Crippen LogP contribution in [0.25, 0.3) is 16.7 Å². The molecule has 2 heterocycles. The summed E-state index contributed by atoms with van der Waals surface area (Å²) in [7, 11) is 1.84. The minimum absolute atomic E-state index is 0.0753. The number of fused-ring (bicyclic) bond motifs is 3. The van der Waals surface area contributed by atoms with E-state index in [4.69, 9.17) is 12.2 Å². The molecule has 0 fully saturated rings. The fourth-order valence-corrected chi connectivity index (χ4v) is 4.74. The summed E-state index contributed by atoms with van der Waals surface area (Å²) in [6.45, 7) is 9.09. The van der Waals surface area contributed by atoms with Crippen LogP contribution < -0.4 is 10.9 Å². The van der Waals surface area contributed by atoms with Crippen LogP contribution in [-0.4, -0.2) is 43.1 Å². The predicted octanol–water partition coefficient (Wildman–Crippen LogP) is 4.04. The first kappa shape index (κ1) is 23.8. The summed E-state index contributed by atoms with van der Waals surface area (Å²) in [5.74, 6) is 0.403. The first-order chi connectivity index (χ1) is 16.2. The lowest BCUT2D eigenvalue weighted by Crippen LogP contribution is -2.32. The molecule has 0 bridgehead atoms. The van der Waals surface area contributed by atoms with Gasteiger partial charge >= 0.3 is 0 Å². The van der Waals surface area contributed by atoms with Gasteiger partial charge in [0.2, 0.25) is 16.5 Å². The highest BCUT2D eigenvalue weighted by Crippen LogP contribution is 2.22. The van der Waals surface area contributed by atoms with Crippen LogP contribution in [0.4, 0.5) is 5.69 Å². The van der Waals surface area contributed by atoms with Crippen LogP contribution in [0.2, 0.25) is 0 Å². The van der Waals surface area contributed by atoms with Crippen LogP contribution in [-0.2, 0) is 18.0 Å². The second-order valence-electron chi connectivity index (χ2n) is 8.87. The highest BCUT2D eigenvalue weighted by atomic mass is 32.1. The number of carbonyl (C=O) groups excluding carboxylic acids is 1. The Morgan fingerprint density at radius 3 is 2.50 bits per heavy atom. The number of anilines is 1. The Morgan fingerprint density at radius 2 is 1.82 bits per heavy atom. The van der Waals surface area contributed by atoms with Gasteiger partial charge in [0.15, 0.2) is 0 Å². The van der Waals surface area contributed by atoms with E-state index in [1.807, 2.05) is 68.3 Å². The molecule has 34 heavy (non-hydrogen) atoms. The summed E-state index contributed by atoms with van der Waals surface area (Å²) >= 11 is 5.75. The highest BCUT2D eigenvalue weighted by Gasteiger charge is 2.17. The van der Waals surface area contributed by atoms with Gasteiger partial charge in [0.05, 0.1) is 24.1 Å². The number of hydrogen-bond donors (Lipinski definition) is 1. The molecular weight excluding hydrogens is 448 g/mol. The van der Waals surface area contributed by atoms with Gasteiger partial charge in [0.1, 0.15) is 0 Å². The van der Waals surface area contributed by atoms with Crippen molar-refractivity contribution in [1.82, 2.24) is 23.6 Å². The number of carbonyl (C=O) groups is 1. The van der Waals surface area contributed by atoms with Crippen LogP contribution in [0.1, 0.15) is 30.0 Å². The standard InChI is InChI=1S/C25H30N6O2S/c1-6-11-29-23(33)19-9-7-8-10-20(19)31-24(29)27-30(25(31)34)15-28(5)14-21(32)26-22-17(3)12-16(2)13-18(22)4/h7-10,12-13H,6,11,14-15H2,1-5H3,(H,26,32). The molecule has 1 amide bonds. The Morgan fingerprint density at radius 1 is 1.15 bits per heavy atom. The molecule has 178 valence electrons. The largest absolute Gasteiger partial charge is 0.324 e. The van der Waals surface area contributed by atoms with E-state index in [0.717, 1.165) is 28.8 Å². The van der Waals surface area contributed by atoms with Crippen molar-refractivity contribution in [2.45, 2.75) is 47.3 Å². The monoisotopic (exact) mass is 478 g/mol. The van der Waals surface area contributed by atoms with Crippen LogP contribution in [0.3, 0.4) is 0 Å². The second-order valence-corrected chi connectivity index (χ2v) is 9.23. The van der Waals surface area contributed by atoms with E-state index < -0.39 is 0 Å². The maximum Gasteiger partial charge on any atom is 0.262 e. The molecule has 0 saturated heterocycles. The van der Waals surface area contributed by atoms with Crippen LogP contribution in [0.15, 0.2) is 41.2 Å². The fourth-order valence-electron chi connectivity index (χ4n) is 4.46. The maximum atomic E-state index is 13.1. The van der Waals surface area contributed by atoms with Gasteiger partial charge in [-0.3, -0.25) is 23.5 Å². The van der Waals surface area contributed by atoms with E-state index in [-0.39, 0.29) is 18.0 Å². The smallest absolute Gasteiger partial charge is 0.262 e. The zero-order chi connectivity index (χ0) is 24.6. The molecule has 4 aromatic rings. The molecule has 0 atom stereocenters. The van der Waals surface area contributed by atoms with Crippen molar-refractivity contribution in [2.75, 3.05) is 18.9 Å². The fraction of sp³-hybridized carbons (Fsp3) is 0.360. The van der Waals surface area contributed by atoms with Gasteiger partial charge in [-0.2, -0.15) is 0 Å². The van der Waals surface area contributed by atoms with E-state index in [0.29, 0.717) is 29.1 Å². The summed E-state index contributed by atoms with van der Waals surface area (Å²) < 4.78 is 5.66. The van der Waals surface area contributed by atoms with Crippen molar-refractivity contribution in [3.8, 4) is 0 Å². The van der Waals surface area contributed by atoms with Gasteiger partial charge in [-0.25, -0.2) is 4.68 Å².